The Kier molecular flexibility index (Phi) is 4.80. The Bertz CT molecular complexity index is 372. The van der Waals surface area contributed by atoms with E-state index in [0.717, 1.165) is 19.3 Å². The minimum Gasteiger partial charge on any atom is -0.465 e. The molecule has 1 aliphatic rings. The fourth-order valence-electron chi connectivity index (χ4n) is 2.33. The number of benzene rings is 1. The van der Waals surface area contributed by atoms with Crippen LogP contribution in [0.1, 0.15) is 50.5 Å². The Morgan fingerprint density at radius 1 is 1.22 bits per heavy atom. The van der Waals surface area contributed by atoms with E-state index in [4.69, 9.17) is 4.74 Å². The lowest BCUT2D eigenvalue weighted by atomic mass is 10.1. The number of carbonyl (C=O) groups excluding carboxylic acids is 1. The van der Waals surface area contributed by atoms with Crippen molar-refractivity contribution in [1.82, 2.24) is 0 Å². The molecule has 98 valence electrons. The van der Waals surface area contributed by atoms with Crippen LogP contribution in [0.5, 0.6) is 0 Å². The molecule has 2 unspecified atom stereocenters. The molecule has 2 nitrogen and oxygen atoms in total. The molecular weight excluding hydrogens is 224 g/mol. The van der Waals surface area contributed by atoms with E-state index in [-0.39, 0.29) is 11.9 Å². The van der Waals surface area contributed by atoms with Gasteiger partial charge in [-0.05, 0) is 24.3 Å². The smallest absolute Gasteiger partial charge is 0.309 e. The van der Waals surface area contributed by atoms with E-state index >= 15 is 0 Å². The third-order valence-electron chi connectivity index (χ3n) is 3.56. The maximum Gasteiger partial charge on any atom is 0.309 e. The molecule has 2 heteroatoms. The molecule has 0 N–H and O–H groups in total. The van der Waals surface area contributed by atoms with Crippen molar-refractivity contribution in [2.45, 2.75) is 44.9 Å². The molecule has 1 saturated carbocycles. The van der Waals surface area contributed by atoms with Crippen molar-refractivity contribution in [2.75, 3.05) is 6.61 Å². The highest BCUT2D eigenvalue weighted by atomic mass is 16.5. The summed E-state index contributed by atoms with van der Waals surface area (Å²) in [5, 5.41) is 0. The lowest BCUT2D eigenvalue weighted by Gasteiger charge is -2.04. The second-order valence-electron chi connectivity index (χ2n) is 5.09. The van der Waals surface area contributed by atoms with Crippen LogP contribution in [0.25, 0.3) is 0 Å². The van der Waals surface area contributed by atoms with Gasteiger partial charge in [-0.1, -0.05) is 56.5 Å². The van der Waals surface area contributed by atoms with E-state index in [1.54, 1.807) is 0 Å². The van der Waals surface area contributed by atoms with Gasteiger partial charge in [0, 0.05) is 0 Å². The summed E-state index contributed by atoms with van der Waals surface area (Å²) < 4.78 is 5.33. The topological polar surface area (TPSA) is 26.3 Å². The molecule has 0 saturated heterocycles. The number of esters is 1. The zero-order chi connectivity index (χ0) is 12.8. The lowest BCUT2D eigenvalue weighted by Crippen LogP contribution is -2.09. The van der Waals surface area contributed by atoms with Crippen LogP contribution in [0.15, 0.2) is 30.3 Å². The molecule has 0 amide bonds. The fraction of sp³-hybridized carbons (Fsp3) is 0.562. The Balaban J connectivity index is 1.67. The molecule has 1 fully saturated rings. The SMILES string of the molecule is CCCCCCOC(=O)C1CC1c1ccccc1. The van der Waals surface area contributed by atoms with Crippen LogP contribution in [-0.4, -0.2) is 12.6 Å². The summed E-state index contributed by atoms with van der Waals surface area (Å²) in [6.07, 6.45) is 5.57. The van der Waals surface area contributed by atoms with Crippen molar-refractivity contribution >= 4 is 5.97 Å². The molecule has 0 spiro atoms. The first-order valence-corrected chi connectivity index (χ1v) is 7.04. The molecular formula is C16H22O2. The molecule has 0 aliphatic heterocycles. The zero-order valence-electron chi connectivity index (χ0n) is 11.1. The van der Waals surface area contributed by atoms with Crippen LogP contribution < -0.4 is 0 Å². The third kappa shape index (κ3) is 3.59. The van der Waals surface area contributed by atoms with Crippen LogP contribution in [-0.2, 0) is 9.53 Å². The predicted molar refractivity (Wildman–Crippen MR) is 72.4 cm³/mol. The van der Waals surface area contributed by atoms with Crippen molar-refractivity contribution in [1.29, 1.82) is 0 Å². The first-order valence-electron chi connectivity index (χ1n) is 7.04. The van der Waals surface area contributed by atoms with E-state index in [9.17, 15) is 4.79 Å². The quantitative estimate of drug-likeness (QED) is 0.538. The Labute approximate surface area is 109 Å². The first-order chi connectivity index (χ1) is 8.83. The Morgan fingerprint density at radius 2 is 2.00 bits per heavy atom. The van der Waals surface area contributed by atoms with Crippen molar-refractivity contribution < 1.29 is 9.53 Å². The van der Waals surface area contributed by atoms with Gasteiger partial charge in [-0.15, -0.1) is 0 Å². The minimum absolute atomic E-state index is 0.000325. The normalized spacial score (nSPS) is 21.6. The molecule has 2 rings (SSSR count). The number of unbranched alkanes of at least 4 members (excludes halogenated alkanes) is 3. The number of rotatable bonds is 7. The van der Waals surface area contributed by atoms with Gasteiger partial charge in [0.1, 0.15) is 0 Å². The maximum atomic E-state index is 11.8. The second kappa shape index (κ2) is 6.58. The third-order valence-corrected chi connectivity index (χ3v) is 3.56. The fourth-order valence-corrected chi connectivity index (χ4v) is 2.33. The van der Waals surface area contributed by atoms with Gasteiger partial charge in [0.25, 0.3) is 0 Å². The highest BCUT2D eigenvalue weighted by molar-refractivity contribution is 5.77. The monoisotopic (exact) mass is 246 g/mol. The Morgan fingerprint density at radius 3 is 2.72 bits per heavy atom. The van der Waals surface area contributed by atoms with E-state index < -0.39 is 0 Å². The lowest BCUT2D eigenvalue weighted by molar-refractivity contribution is -0.145. The van der Waals surface area contributed by atoms with E-state index in [2.05, 4.69) is 19.1 Å². The van der Waals surface area contributed by atoms with Gasteiger partial charge >= 0.3 is 5.97 Å². The largest absolute Gasteiger partial charge is 0.465 e. The number of hydrogen-bond acceptors (Lipinski definition) is 2. The minimum atomic E-state index is 0.000325. The van der Waals surface area contributed by atoms with Gasteiger partial charge in [-0.25, -0.2) is 0 Å². The zero-order valence-corrected chi connectivity index (χ0v) is 11.1. The number of carbonyl (C=O) groups is 1. The van der Waals surface area contributed by atoms with Crippen LogP contribution in [0.2, 0.25) is 0 Å². The van der Waals surface area contributed by atoms with Gasteiger partial charge in [-0.3, -0.25) is 4.79 Å². The van der Waals surface area contributed by atoms with Crippen molar-refractivity contribution in [3.63, 3.8) is 0 Å². The van der Waals surface area contributed by atoms with Gasteiger partial charge in [-0.2, -0.15) is 0 Å². The van der Waals surface area contributed by atoms with Crippen LogP contribution in [0.4, 0.5) is 0 Å². The maximum absolute atomic E-state index is 11.8. The molecule has 0 bridgehead atoms. The average Bonchev–Trinajstić information content (AvgIpc) is 3.20. The van der Waals surface area contributed by atoms with Crippen LogP contribution >= 0.6 is 0 Å². The summed E-state index contributed by atoms with van der Waals surface area (Å²) in [5.74, 6) is 0.508. The summed E-state index contributed by atoms with van der Waals surface area (Å²) in [4.78, 5) is 11.8. The van der Waals surface area contributed by atoms with Gasteiger partial charge in [0.15, 0.2) is 0 Å². The molecule has 18 heavy (non-hydrogen) atoms. The van der Waals surface area contributed by atoms with Crippen molar-refractivity contribution in [3.8, 4) is 0 Å². The van der Waals surface area contributed by atoms with Gasteiger partial charge in [0.05, 0.1) is 12.5 Å². The highest BCUT2D eigenvalue weighted by Gasteiger charge is 2.44. The van der Waals surface area contributed by atoms with E-state index in [1.165, 1.54) is 18.4 Å². The summed E-state index contributed by atoms with van der Waals surface area (Å²) in [7, 11) is 0. The molecule has 1 aromatic rings. The van der Waals surface area contributed by atoms with Crippen LogP contribution in [0.3, 0.4) is 0 Å². The molecule has 0 aromatic heterocycles. The van der Waals surface area contributed by atoms with Gasteiger partial charge in [0.2, 0.25) is 0 Å². The number of ether oxygens (including phenoxy) is 1. The Hall–Kier alpha value is -1.31. The van der Waals surface area contributed by atoms with Crippen LogP contribution in [0, 0.1) is 5.92 Å². The standard InChI is InChI=1S/C16H22O2/c1-2-3-4-8-11-18-16(17)15-12-14(15)13-9-6-5-7-10-13/h5-7,9-10,14-15H,2-4,8,11-12H2,1H3. The molecule has 0 heterocycles. The molecule has 2 atom stereocenters. The predicted octanol–water partition coefficient (Wildman–Crippen LogP) is 3.91. The van der Waals surface area contributed by atoms with Gasteiger partial charge < -0.3 is 4.74 Å². The molecule has 1 aromatic carbocycles. The van der Waals surface area contributed by atoms with Crippen molar-refractivity contribution in [2.24, 2.45) is 5.92 Å². The summed E-state index contributed by atoms with van der Waals surface area (Å²) >= 11 is 0. The average molecular weight is 246 g/mol. The second-order valence-corrected chi connectivity index (χ2v) is 5.09. The highest BCUT2D eigenvalue weighted by Crippen LogP contribution is 2.48. The summed E-state index contributed by atoms with van der Waals surface area (Å²) in [6, 6.07) is 10.3. The van der Waals surface area contributed by atoms with E-state index in [0.29, 0.717) is 12.5 Å². The first kappa shape index (κ1) is 13.1. The molecule has 1 aliphatic carbocycles. The summed E-state index contributed by atoms with van der Waals surface area (Å²) in [5.41, 5.74) is 1.27. The van der Waals surface area contributed by atoms with E-state index in [1.807, 2.05) is 18.2 Å². The summed E-state index contributed by atoms with van der Waals surface area (Å²) in [6.45, 7) is 2.78. The number of hydrogen-bond donors (Lipinski definition) is 0. The molecule has 0 radical (unpaired) electrons. The van der Waals surface area contributed by atoms with Crippen molar-refractivity contribution in [3.05, 3.63) is 35.9 Å².